The third-order valence-corrected chi connectivity index (χ3v) is 4.47. The second kappa shape index (κ2) is 8.21. The van der Waals surface area contributed by atoms with Crippen molar-refractivity contribution in [1.82, 2.24) is 4.90 Å². The lowest BCUT2D eigenvalue weighted by Crippen LogP contribution is -2.49. The molecule has 0 aliphatic carbocycles. The van der Waals surface area contributed by atoms with Gasteiger partial charge in [-0.15, -0.1) is 0 Å². The van der Waals surface area contributed by atoms with Crippen LogP contribution in [0.5, 0.6) is 5.75 Å². The molecule has 0 unspecified atom stereocenters. The number of piperazine rings is 1. The van der Waals surface area contributed by atoms with Crippen molar-refractivity contribution in [1.29, 1.82) is 5.26 Å². The summed E-state index contributed by atoms with van der Waals surface area (Å²) in [6.45, 7) is 2.67. The molecule has 3 rings (SSSR count). The van der Waals surface area contributed by atoms with Crippen LogP contribution in [0.2, 0.25) is 0 Å². The summed E-state index contributed by atoms with van der Waals surface area (Å²) in [5.41, 5.74) is 2.14. The van der Waals surface area contributed by atoms with Crippen molar-refractivity contribution in [2.45, 2.75) is 0 Å². The molecule has 0 spiro atoms. The third kappa shape index (κ3) is 4.04. The Morgan fingerprint density at radius 1 is 1.04 bits per heavy atom. The van der Waals surface area contributed by atoms with E-state index in [1.165, 1.54) is 0 Å². The number of hydrogen-bond acceptors (Lipinski definition) is 4. The standard InChI is InChI=1S/C21H21N3O2/c1-26-20-9-7-19(8-10-20)23-11-13-24(14-12-23)21(25)18(16-22)15-17-5-3-2-4-6-17/h2-10,15H,11-14H2,1H3/b18-15+. The number of nitriles is 1. The fourth-order valence-corrected chi connectivity index (χ4v) is 2.99. The summed E-state index contributed by atoms with van der Waals surface area (Å²) in [7, 11) is 1.65. The molecular formula is C21H21N3O2. The second-order valence-electron chi connectivity index (χ2n) is 6.06. The van der Waals surface area contributed by atoms with E-state index in [2.05, 4.69) is 4.90 Å². The van der Waals surface area contributed by atoms with Crippen molar-refractivity contribution in [2.24, 2.45) is 0 Å². The number of amides is 1. The Bertz CT molecular complexity index is 815. The van der Waals surface area contributed by atoms with Gasteiger partial charge in [0.1, 0.15) is 17.4 Å². The van der Waals surface area contributed by atoms with Gasteiger partial charge in [0.25, 0.3) is 5.91 Å². The van der Waals surface area contributed by atoms with E-state index in [0.29, 0.717) is 13.1 Å². The number of carbonyl (C=O) groups is 1. The predicted octanol–water partition coefficient (Wildman–Crippen LogP) is 2.95. The first-order chi connectivity index (χ1) is 12.7. The van der Waals surface area contributed by atoms with Crippen LogP contribution in [-0.2, 0) is 4.79 Å². The molecule has 26 heavy (non-hydrogen) atoms. The number of hydrogen-bond donors (Lipinski definition) is 0. The van der Waals surface area contributed by atoms with E-state index in [-0.39, 0.29) is 11.5 Å². The summed E-state index contributed by atoms with van der Waals surface area (Å²) in [5, 5.41) is 9.38. The van der Waals surface area contributed by atoms with Gasteiger partial charge in [-0.1, -0.05) is 30.3 Å². The molecular weight excluding hydrogens is 326 g/mol. The number of carbonyl (C=O) groups excluding carboxylic acids is 1. The average molecular weight is 347 g/mol. The van der Waals surface area contributed by atoms with E-state index in [4.69, 9.17) is 4.74 Å². The molecule has 132 valence electrons. The number of methoxy groups -OCH3 is 1. The molecule has 1 heterocycles. The van der Waals surface area contributed by atoms with Gasteiger partial charge < -0.3 is 14.5 Å². The van der Waals surface area contributed by atoms with E-state index in [1.54, 1.807) is 18.1 Å². The third-order valence-electron chi connectivity index (χ3n) is 4.47. The molecule has 0 aromatic heterocycles. The van der Waals surface area contributed by atoms with Gasteiger partial charge >= 0.3 is 0 Å². The van der Waals surface area contributed by atoms with E-state index in [0.717, 1.165) is 30.1 Å². The van der Waals surface area contributed by atoms with E-state index < -0.39 is 0 Å². The molecule has 1 saturated heterocycles. The molecule has 5 heteroatoms. The molecule has 0 atom stereocenters. The van der Waals surface area contributed by atoms with Crippen molar-refractivity contribution in [3.8, 4) is 11.8 Å². The molecule has 0 radical (unpaired) electrons. The second-order valence-corrected chi connectivity index (χ2v) is 6.06. The topological polar surface area (TPSA) is 56.6 Å². The van der Waals surface area contributed by atoms with Crippen molar-refractivity contribution in [2.75, 3.05) is 38.2 Å². The van der Waals surface area contributed by atoms with Crippen molar-refractivity contribution >= 4 is 17.7 Å². The SMILES string of the molecule is COc1ccc(N2CCN(C(=O)/C(C#N)=C/c3ccccc3)CC2)cc1. The van der Waals surface area contributed by atoms with Crippen molar-refractivity contribution in [3.63, 3.8) is 0 Å². The summed E-state index contributed by atoms with van der Waals surface area (Å²) in [6, 6.07) is 19.4. The molecule has 1 aliphatic rings. The number of benzene rings is 2. The van der Waals surface area contributed by atoms with Crippen LogP contribution in [0.1, 0.15) is 5.56 Å². The molecule has 2 aromatic carbocycles. The number of ether oxygens (including phenoxy) is 1. The van der Waals surface area contributed by atoms with E-state index in [9.17, 15) is 10.1 Å². The summed E-state index contributed by atoms with van der Waals surface area (Å²) < 4.78 is 5.18. The summed E-state index contributed by atoms with van der Waals surface area (Å²) in [5.74, 6) is 0.623. The Hall–Kier alpha value is -3.26. The number of rotatable bonds is 4. The Balaban J connectivity index is 1.64. The van der Waals surface area contributed by atoms with E-state index >= 15 is 0 Å². The Kier molecular flexibility index (Phi) is 5.55. The highest BCUT2D eigenvalue weighted by Crippen LogP contribution is 2.21. The highest BCUT2D eigenvalue weighted by atomic mass is 16.5. The predicted molar refractivity (Wildman–Crippen MR) is 102 cm³/mol. The Morgan fingerprint density at radius 2 is 1.69 bits per heavy atom. The number of nitrogens with zero attached hydrogens (tertiary/aromatic N) is 3. The number of anilines is 1. The quantitative estimate of drug-likeness (QED) is 0.630. The van der Waals surface area contributed by atoms with Gasteiger partial charge in [0.15, 0.2) is 0 Å². The first-order valence-electron chi connectivity index (χ1n) is 8.56. The molecule has 0 bridgehead atoms. The Labute approximate surface area is 153 Å². The summed E-state index contributed by atoms with van der Waals surface area (Å²) in [6.07, 6.45) is 1.65. The van der Waals surface area contributed by atoms with Crippen LogP contribution >= 0.6 is 0 Å². The van der Waals surface area contributed by atoms with Crippen LogP contribution in [0.15, 0.2) is 60.2 Å². The highest BCUT2D eigenvalue weighted by molar-refractivity contribution is 6.01. The van der Waals surface area contributed by atoms with Crippen LogP contribution in [0, 0.1) is 11.3 Å². The monoisotopic (exact) mass is 347 g/mol. The van der Waals surface area contributed by atoms with Crippen molar-refractivity contribution < 1.29 is 9.53 Å². The van der Waals surface area contributed by atoms with Crippen LogP contribution in [0.4, 0.5) is 5.69 Å². The molecule has 1 fully saturated rings. The van der Waals surface area contributed by atoms with Crippen LogP contribution in [0.3, 0.4) is 0 Å². The maximum Gasteiger partial charge on any atom is 0.264 e. The first-order valence-corrected chi connectivity index (χ1v) is 8.56. The van der Waals surface area contributed by atoms with Crippen LogP contribution in [-0.4, -0.2) is 44.1 Å². The smallest absolute Gasteiger partial charge is 0.264 e. The maximum atomic E-state index is 12.7. The molecule has 2 aromatic rings. The molecule has 0 N–H and O–H groups in total. The Morgan fingerprint density at radius 3 is 2.27 bits per heavy atom. The molecule has 1 amide bonds. The minimum Gasteiger partial charge on any atom is -0.497 e. The van der Waals surface area contributed by atoms with Crippen LogP contribution in [0.25, 0.3) is 6.08 Å². The van der Waals surface area contributed by atoms with Gasteiger partial charge in [-0.25, -0.2) is 0 Å². The lowest BCUT2D eigenvalue weighted by molar-refractivity contribution is -0.126. The lowest BCUT2D eigenvalue weighted by atomic mass is 10.1. The average Bonchev–Trinajstić information content (AvgIpc) is 2.72. The maximum absolute atomic E-state index is 12.7. The van der Waals surface area contributed by atoms with E-state index in [1.807, 2.05) is 60.7 Å². The lowest BCUT2D eigenvalue weighted by Gasteiger charge is -2.36. The first kappa shape index (κ1) is 17.6. The fourth-order valence-electron chi connectivity index (χ4n) is 2.99. The minimum atomic E-state index is -0.203. The normalized spacial score (nSPS) is 14.7. The van der Waals surface area contributed by atoms with Crippen LogP contribution < -0.4 is 9.64 Å². The zero-order chi connectivity index (χ0) is 18.4. The highest BCUT2D eigenvalue weighted by Gasteiger charge is 2.23. The van der Waals surface area contributed by atoms with Gasteiger partial charge in [-0.2, -0.15) is 5.26 Å². The van der Waals surface area contributed by atoms with Gasteiger partial charge in [-0.05, 0) is 35.9 Å². The van der Waals surface area contributed by atoms with Gasteiger partial charge in [0.05, 0.1) is 7.11 Å². The molecule has 5 nitrogen and oxygen atoms in total. The summed E-state index contributed by atoms with van der Waals surface area (Å²) in [4.78, 5) is 16.6. The zero-order valence-corrected chi connectivity index (χ0v) is 14.8. The largest absolute Gasteiger partial charge is 0.497 e. The van der Waals surface area contributed by atoms with Gasteiger partial charge in [-0.3, -0.25) is 4.79 Å². The minimum absolute atomic E-state index is 0.175. The fraction of sp³-hybridized carbons (Fsp3) is 0.238. The van der Waals surface area contributed by atoms with Crippen molar-refractivity contribution in [3.05, 3.63) is 65.7 Å². The zero-order valence-electron chi connectivity index (χ0n) is 14.8. The molecule has 1 aliphatic heterocycles. The van der Waals surface area contributed by atoms with Gasteiger partial charge in [0, 0.05) is 31.9 Å². The summed E-state index contributed by atoms with van der Waals surface area (Å²) >= 11 is 0. The molecule has 0 saturated carbocycles. The van der Waals surface area contributed by atoms with Gasteiger partial charge in [0.2, 0.25) is 0 Å².